The van der Waals surface area contributed by atoms with Gasteiger partial charge in [-0.05, 0) is 50.9 Å². The zero-order valence-electron chi connectivity index (χ0n) is 15.5. The van der Waals surface area contributed by atoms with Crippen molar-refractivity contribution in [3.63, 3.8) is 0 Å². The molecule has 0 radical (unpaired) electrons. The molecule has 142 valence electrons. The van der Waals surface area contributed by atoms with Gasteiger partial charge in [-0.2, -0.15) is 0 Å². The van der Waals surface area contributed by atoms with Gasteiger partial charge in [-0.3, -0.25) is 4.90 Å². The number of halogens is 1. The smallest absolute Gasteiger partial charge is 0.247 e. The monoisotopic (exact) mass is 369 g/mol. The van der Waals surface area contributed by atoms with Gasteiger partial charge in [-0.15, -0.1) is 10.2 Å². The summed E-state index contributed by atoms with van der Waals surface area (Å²) in [6, 6.07) is 6.73. The number of aromatic nitrogens is 4. The van der Waals surface area contributed by atoms with Crippen LogP contribution in [0.2, 0.25) is 0 Å². The van der Waals surface area contributed by atoms with Crippen molar-refractivity contribution in [3.05, 3.63) is 54.2 Å². The second-order valence-electron chi connectivity index (χ2n) is 7.09. The number of imidazole rings is 1. The van der Waals surface area contributed by atoms with E-state index in [-0.39, 0.29) is 5.82 Å². The molecule has 1 atom stereocenters. The number of nitrogens with zero attached hydrogens (tertiary/aromatic N) is 5. The normalized spacial score (nSPS) is 18.1. The molecule has 0 amide bonds. The van der Waals surface area contributed by atoms with E-state index in [9.17, 15) is 4.39 Å². The van der Waals surface area contributed by atoms with E-state index in [1.807, 2.05) is 19.3 Å². The molecule has 6 nitrogen and oxygen atoms in total. The minimum Gasteiger partial charge on any atom is -0.419 e. The Hall–Kier alpha value is -2.54. The second-order valence-corrected chi connectivity index (χ2v) is 7.09. The number of piperidine rings is 1. The van der Waals surface area contributed by atoms with Gasteiger partial charge in [-0.1, -0.05) is 12.5 Å². The number of aryl methyl sites for hydroxylation is 2. The van der Waals surface area contributed by atoms with Crippen LogP contribution in [-0.4, -0.2) is 37.2 Å². The Labute approximate surface area is 158 Å². The minimum atomic E-state index is -0.307. The molecule has 27 heavy (non-hydrogen) atoms. The van der Waals surface area contributed by atoms with Crippen molar-refractivity contribution in [2.45, 2.75) is 51.7 Å². The van der Waals surface area contributed by atoms with Crippen molar-refractivity contribution in [1.29, 1.82) is 0 Å². The van der Waals surface area contributed by atoms with Crippen molar-refractivity contribution >= 4 is 0 Å². The van der Waals surface area contributed by atoms with Gasteiger partial charge in [0.15, 0.2) is 0 Å². The molecule has 1 saturated heterocycles. The first-order chi connectivity index (χ1) is 13.2. The molecular formula is C20H24FN5O. The van der Waals surface area contributed by atoms with E-state index in [0.717, 1.165) is 25.3 Å². The van der Waals surface area contributed by atoms with Crippen LogP contribution in [0.3, 0.4) is 0 Å². The van der Waals surface area contributed by atoms with Crippen LogP contribution < -0.4 is 0 Å². The van der Waals surface area contributed by atoms with Crippen molar-refractivity contribution in [2.24, 2.45) is 0 Å². The molecule has 4 rings (SSSR count). The summed E-state index contributed by atoms with van der Waals surface area (Å²) in [6.45, 7) is 4.66. The highest BCUT2D eigenvalue weighted by atomic mass is 19.1. The minimum absolute atomic E-state index is 0.307. The zero-order valence-corrected chi connectivity index (χ0v) is 15.5. The van der Waals surface area contributed by atoms with Crippen LogP contribution in [0.1, 0.15) is 37.4 Å². The van der Waals surface area contributed by atoms with E-state index in [1.54, 1.807) is 12.1 Å². The summed E-state index contributed by atoms with van der Waals surface area (Å²) in [5, 5.41) is 8.27. The molecular weight excluding hydrogens is 345 g/mol. The summed E-state index contributed by atoms with van der Waals surface area (Å²) < 4.78 is 21.4. The lowest BCUT2D eigenvalue weighted by atomic mass is 9.99. The number of likely N-dealkylation sites (tertiary alicyclic amines) is 1. The van der Waals surface area contributed by atoms with Crippen LogP contribution in [-0.2, 0) is 13.1 Å². The molecule has 1 fully saturated rings. The number of rotatable bonds is 6. The standard InChI is InChI=1S/C20H24FN5O/c1-15-22-9-12-25(15)11-8-18-7-2-3-10-26(18)14-19-23-24-20(27-19)16-5-4-6-17(21)13-16/h4-6,9,12-13,18H,2-3,7-8,10-11,14H2,1H3/t18-/m0/s1. The Balaban J connectivity index is 1.41. The highest BCUT2D eigenvalue weighted by molar-refractivity contribution is 5.52. The van der Waals surface area contributed by atoms with Crippen LogP contribution in [0.25, 0.3) is 11.5 Å². The highest BCUT2D eigenvalue weighted by Gasteiger charge is 2.24. The zero-order chi connectivity index (χ0) is 18.6. The van der Waals surface area contributed by atoms with E-state index in [2.05, 4.69) is 24.6 Å². The van der Waals surface area contributed by atoms with Crippen LogP contribution >= 0.6 is 0 Å². The Morgan fingerprint density at radius 1 is 1.26 bits per heavy atom. The first-order valence-electron chi connectivity index (χ1n) is 9.49. The van der Waals surface area contributed by atoms with Crippen molar-refractivity contribution in [1.82, 2.24) is 24.6 Å². The average Bonchev–Trinajstić information content (AvgIpc) is 3.30. The molecule has 0 N–H and O–H groups in total. The Morgan fingerprint density at radius 2 is 2.19 bits per heavy atom. The topological polar surface area (TPSA) is 60.0 Å². The first-order valence-corrected chi connectivity index (χ1v) is 9.49. The maximum atomic E-state index is 13.4. The van der Waals surface area contributed by atoms with E-state index in [1.165, 1.54) is 31.4 Å². The van der Waals surface area contributed by atoms with Crippen molar-refractivity contribution in [3.8, 4) is 11.5 Å². The molecule has 0 bridgehead atoms. The fourth-order valence-corrected chi connectivity index (χ4v) is 3.75. The lowest BCUT2D eigenvalue weighted by Gasteiger charge is -2.34. The summed E-state index contributed by atoms with van der Waals surface area (Å²) in [5.74, 6) is 1.69. The van der Waals surface area contributed by atoms with Gasteiger partial charge in [-0.25, -0.2) is 9.37 Å². The third-order valence-corrected chi connectivity index (χ3v) is 5.25. The molecule has 1 aliphatic heterocycles. The van der Waals surface area contributed by atoms with E-state index < -0.39 is 0 Å². The summed E-state index contributed by atoms with van der Waals surface area (Å²) in [4.78, 5) is 6.72. The molecule has 0 unspecified atom stereocenters. The number of hydrogen-bond acceptors (Lipinski definition) is 5. The van der Waals surface area contributed by atoms with Gasteiger partial charge < -0.3 is 8.98 Å². The van der Waals surface area contributed by atoms with E-state index >= 15 is 0 Å². The SMILES string of the molecule is Cc1nccn1CC[C@@H]1CCCCN1Cc1nnc(-c2cccc(F)c2)o1. The molecule has 0 aliphatic carbocycles. The third-order valence-electron chi connectivity index (χ3n) is 5.25. The summed E-state index contributed by atoms with van der Waals surface area (Å²) in [7, 11) is 0. The van der Waals surface area contributed by atoms with Gasteiger partial charge in [0.1, 0.15) is 11.6 Å². The predicted octanol–water partition coefficient (Wildman–Crippen LogP) is 3.83. The van der Waals surface area contributed by atoms with Gasteiger partial charge >= 0.3 is 0 Å². The lowest BCUT2D eigenvalue weighted by Crippen LogP contribution is -2.39. The Morgan fingerprint density at radius 3 is 3.00 bits per heavy atom. The first kappa shape index (κ1) is 17.9. The molecule has 1 aliphatic rings. The van der Waals surface area contributed by atoms with E-state index in [0.29, 0.717) is 29.9 Å². The van der Waals surface area contributed by atoms with Gasteiger partial charge in [0, 0.05) is 30.5 Å². The van der Waals surface area contributed by atoms with Crippen LogP contribution in [0.5, 0.6) is 0 Å². The van der Waals surface area contributed by atoms with Crippen molar-refractivity contribution < 1.29 is 8.81 Å². The highest BCUT2D eigenvalue weighted by Crippen LogP contribution is 2.24. The quantitative estimate of drug-likeness (QED) is 0.661. The number of hydrogen-bond donors (Lipinski definition) is 0. The lowest BCUT2D eigenvalue weighted by molar-refractivity contribution is 0.117. The Kier molecular flexibility index (Phi) is 5.29. The largest absolute Gasteiger partial charge is 0.419 e. The predicted molar refractivity (Wildman–Crippen MR) is 99.3 cm³/mol. The van der Waals surface area contributed by atoms with E-state index in [4.69, 9.17) is 4.42 Å². The summed E-state index contributed by atoms with van der Waals surface area (Å²) in [6.07, 6.45) is 8.57. The fourth-order valence-electron chi connectivity index (χ4n) is 3.75. The Bertz CT molecular complexity index is 890. The van der Waals surface area contributed by atoms with Crippen molar-refractivity contribution in [2.75, 3.05) is 6.54 Å². The molecule has 1 aromatic carbocycles. The molecule has 7 heteroatoms. The maximum Gasteiger partial charge on any atom is 0.247 e. The fraction of sp³-hybridized carbons (Fsp3) is 0.450. The van der Waals surface area contributed by atoms with Crippen LogP contribution in [0.15, 0.2) is 41.1 Å². The van der Waals surface area contributed by atoms with Gasteiger partial charge in [0.25, 0.3) is 0 Å². The summed E-state index contributed by atoms with van der Waals surface area (Å²) >= 11 is 0. The molecule has 3 aromatic rings. The average molecular weight is 369 g/mol. The van der Waals surface area contributed by atoms with Crippen LogP contribution in [0.4, 0.5) is 4.39 Å². The third kappa shape index (κ3) is 4.24. The summed E-state index contributed by atoms with van der Waals surface area (Å²) in [5.41, 5.74) is 0.611. The van der Waals surface area contributed by atoms with Gasteiger partial charge in [0.05, 0.1) is 6.54 Å². The van der Waals surface area contributed by atoms with Crippen LogP contribution in [0, 0.1) is 12.7 Å². The van der Waals surface area contributed by atoms with Gasteiger partial charge in [0.2, 0.25) is 11.8 Å². The molecule has 2 aromatic heterocycles. The molecule has 0 spiro atoms. The maximum absolute atomic E-state index is 13.4. The molecule has 0 saturated carbocycles. The molecule has 3 heterocycles. The number of benzene rings is 1. The second kappa shape index (κ2) is 8.00.